The molecule has 0 aliphatic heterocycles. The summed E-state index contributed by atoms with van der Waals surface area (Å²) in [6.45, 7) is 9.15. The second-order valence-electron chi connectivity index (χ2n) is 7.15. The third-order valence-electron chi connectivity index (χ3n) is 4.67. The van der Waals surface area contributed by atoms with Crippen LogP contribution in [-0.2, 0) is 21.2 Å². The maximum Gasteiger partial charge on any atom is 0.243 e. The van der Waals surface area contributed by atoms with E-state index in [-0.39, 0.29) is 17.3 Å². The number of amides is 1. The van der Waals surface area contributed by atoms with Crippen molar-refractivity contribution in [3.05, 3.63) is 56.6 Å². The lowest BCUT2D eigenvalue weighted by Crippen LogP contribution is -2.35. The maximum atomic E-state index is 13.0. The molecule has 0 saturated heterocycles. The summed E-state index contributed by atoms with van der Waals surface area (Å²) in [6.07, 6.45) is 0.756. The van der Waals surface area contributed by atoms with Gasteiger partial charge in [0.05, 0.1) is 11.4 Å². The summed E-state index contributed by atoms with van der Waals surface area (Å²) in [5.41, 5.74) is 5.03. The molecular weight excluding hydrogens is 440 g/mol. The molecule has 0 heterocycles. The van der Waals surface area contributed by atoms with Crippen LogP contribution in [0.4, 0.5) is 5.69 Å². The third kappa shape index (κ3) is 4.82. The highest BCUT2D eigenvalue weighted by Crippen LogP contribution is 2.27. The van der Waals surface area contributed by atoms with Gasteiger partial charge in [-0.25, -0.2) is 8.42 Å². The lowest BCUT2D eigenvalue weighted by atomic mass is 10.1. The Labute approximate surface area is 176 Å². The van der Waals surface area contributed by atoms with Crippen LogP contribution in [0.15, 0.2) is 33.6 Å². The van der Waals surface area contributed by atoms with Gasteiger partial charge in [0.15, 0.2) is 0 Å². The van der Waals surface area contributed by atoms with Gasteiger partial charge in [-0.15, -0.1) is 0 Å². The first-order valence-electron chi connectivity index (χ1n) is 9.10. The van der Waals surface area contributed by atoms with E-state index in [1.165, 1.54) is 7.05 Å². The standard InChI is InChI=1S/C21H27BrN2O3S/c1-7-17-11-18(22)10-14(3)20(17)23-19(25)12-24(6)28(26,27)21-15(4)8-13(2)9-16(21)5/h8-11H,7,12H2,1-6H3,(H,23,25). The van der Waals surface area contributed by atoms with E-state index in [4.69, 9.17) is 0 Å². The van der Waals surface area contributed by atoms with E-state index < -0.39 is 10.0 Å². The Morgan fingerprint density at radius 3 is 2.14 bits per heavy atom. The number of carbonyl (C=O) groups is 1. The number of halogens is 1. The van der Waals surface area contributed by atoms with Crippen LogP contribution >= 0.6 is 15.9 Å². The minimum atomic E-state index is -3.77. The van der Waals surface area contributed by atoms with E-state index in [0.29, 0.717) is 11.1 Å². The number of sulfonamides is 1. The molecule has 1 amide bonds. The van der Waals surface area contributed by atoms with Crippen LogP contribution in [0, 0.1) is 27.7 Å². The highest BCUT2D eigenvalue weighted by atomic mass is 79.9. The SMILES string of the molecule is CCc1cc(Br)cc(C)c1NC(=O)CN(C)S(=O)(=O)c1c(C)cc(C)cc1C. The van der Waals surface area contributed by atoms with E-state index >= 15 is 0 Å². The van der Waals surface area contributed by atoms with Crippen LogP contribution in [-0.4, -0.2) is 32.2 Å². The van der Waals surface area contributed by atoms with Gasteiger partial charge in [-0.3, -0.25) is 4.79 Å². The fourth-order valence-corrected chi connectivity index (χ4v) is 5.62. The maximum absolute atomic E-state index is 13.0. The molecule has 28 heavy (non-hydrogen) atoms. The number of rotatable bonds is 6. The molecule has 2 rings (SSSR count). The molecule has 0 fully saturated rings. The third-order valence-corrected chi connectivity index (χ3v) is 7.23. The van der Waals surface area contributed by atoms with Crippen LogP contribution < -0.4 is 5.32 Å². The summed E-state index contributed by atoms with van der Waals surface area (Å²) in [5.74, 6) is -0.367. The lowest BCUT2D eigenvalue weighted by molar-refractivity contribution is -0.116. The number of nitrogens with zero attached hydrogens (tertiary/aromatic N) is 1. The summed E-state index contributed by atoms with van der Waals surface area (Å²) in [5, 5.41) is 2.88. The summed E-state index contributed by atoms with van der Waals surface area (Å²) >= 11 is 3.46. The fraction of sp³-hybridized carbons (Fsp3) is 0.381. The molecule has 0 aliphatic carbocycles. The molecule has 7 heteroatoms. The van der Waals surface area contributed by atoms with Crippen molar-refractivity contribution in [1.82, 2.24) is 4.31 Å². The summed E-state index contributed by atoms with van der Waals surface area (Å²) in [4.78, 5) is 12.9. The van der Waals surface area contributed by atoms with Crippen molar-refractivity contribution in [2.24, 2.45) is 0 Å². The first-order chi connectivity index (χ1) is 13.0. The van der Waals surface area contributed by atoms with Gasteiger partial charge >= 0.3 is 0 Å². The quantitative estimate of drug-likeness (QED) is 0.680. The second kappa shape index (κ2) is 8.76. The number of anilines is 1. The van der Waals surface area contributed by atoms with E-state index in [1.807, 2.05) is 45.0 Å². The van der Waals surface area contributed by atoms with E-state index in [1.54, 1.807) is 13.8 Å². The zero-order valence-electron chi connectivity index (χ0n) is 17.2. The minimum absolute atomic E-state index is 0.256. The molecule has 0 unspecified atom stereocenters. The first kappa shape index (κ1) is 22.6. The van der Waals surface area contributed by atoms with Crippen LogP contribution in [0.3, 0.4) is 0 Å². The number of hydrogen-bond acceptors (Lipinski definition) is 3. The Balaban J connectivity index is 2.26. The zero-order valence-corrected chi connectivity index (χ0v) is 19.6. The highest BCUT2D eigenvalue weighted by molar-refractivity contribution is 9.10. The molecule has 0 aromatic heterocycles. The molecule has 0 radical (unpaired) electrons. The summed E-state index contributed by atoms with van der Waals surface area (Å²) in [6, 6.07) is 7.56. The predicted octanol–water partition coefficient (Wildman–Crippen LogP) is 4.50. The number of aryl methyl sites for hydroxylation is 5. The molecule has 152 valence electrons. The summed E-state index contributed by atoms with van der Waals surface area (Å²) in [7, 11) is -2.34. The van der Waals surface area contributed by atoms with Gasteiger partial charge in [-0.1, -0.05) is 40.5 Å². The van der Waals surface area contributed by atoms with Crippen molar-refractivity contribution < 1.29 is 13.2 Å². The Morgan fingerprint density at radius 2 is 1.61 bits per heavy atom. The normalized spacial score (nSPS) is 11.7. The molecule has 5 nitrogen and oxygen atoms in total. The average Bonchev–Trinajstić information content (AvgIpc) is 2.55. The summed E-state index contributed by atoms with van der Waals surface area (Å²) < 4.78 is 28.1. The molecule has 2 aromatic carbocycles. The topological polar surface area (TPSA) is 66.5 Å². The Bertz CT molecular complexity index is 994. The molecule has 0 spiro atoms. The largest absolute Gasteiger partial charge is 0.324 e. The Morgan fingerprint density at radius 1 is 1.04 bits per heavy atom. The number of nitrogens with one attached hydrogen (secondary N) is 1. The molecule has 0 bridgehead atoms. The molecule has 0 saturated carbocycles. The van der Waals surface area contributed by atoms with Crippen molar-refractivity contribution in [1.29, 1.82) is 0 Å². The Hall–Kier alpha value is -1.70. The molecule has 1 N–H and O–H groups in total. The first-order valence-corrected chi connectivity index (χ1v) is 11.3. The van der Waals surface area contributed by atoms with Gasteiger partial charge in [-0.05, 0) is 68.5 Å². The van der Waals surface area contributed by atoms with Gasteiger partial charge in [0, 0.05) is 17.2 Å². The molecular formula is C21H27BrN2O3S. The smallest absolute Gasteiger partial charge is 0.243 e. The minimum Gasteiger partial charge on any atom is -0.324 e. The Kier molecular flexibility index (Phi) is 7.07. The molecule has 2 aromatic rings. The van der Waals surface area contributed by atoms with Gasteiger partial charge in [-0.2, -0.15) is 4.31 Å². The van der Waals surface area contributed by atoms with Crippen LogP contribution in [0.5, 0.6) is 0 Å². The van der Waals surface area contributed by atoms with Crippen molar-refractivity contribution in [2.75, 3.05) is 18.9 Å². The average molecular weight is 467 g/mol. The molecule has 0 aliphatic rings. The monoisotopic (exact) mass is 466 g/mol. The number of benzene rings is 2. The van der Waals surface area contributed by atoms with Crippen LogP contribution in [0.2, 0.25) is 0 Å². The van der Waals surface area contributed by atoms with Crippen LogP contribution in [0.25, 0.3) is 0 Å². The number of hydrogen-bond donors (Lipinski definition) is 1. The van der Waals surface area contributed by atoms with Crippen molar-refractivity contribution in [3.8, 4) is 0 Å². The lowest BCUT2D eigenvalue weighted by Gasteiger charge is -2.21. The second-order valence-corrected chi connectivity index (χ2v) is 10.0. The van der Waals surface area contributed by atoms with E-state index in [9.17, 15) is 13.2 Å². The van der Waals surface area contributed by atoms with Crippen molar-refractivity contribution >= 4 is 37.5 Å². The van der Waals surface area contributed by atoms with Crippen molar-refractivity contribution in [3.63, 3.8) is 0 Å². The van der Waals surface area contributed by atoms with Gasteiger partial charge in [0.25, 0.3) is 0 Å². The number of carbonyl (C=O) groups excluding carboxylic acids is 1. The van der Waals surface area contributed by atoms with Crippen molar-refractivity contribution in [2.45, 2.75) is 45.9 Å². The highest BCUT2D eigenvalue weighted by Gasteiger charge is 2.27. The van der Waals surface area contributed by atoms with Gasteiger partial charge in [0.1, 0.15) is 0 Å². The van der Waals surface area contributed by atoms with E-state index in [0.717, 1.165) is 37.6 Å². The fourth-order valence-electron chi connectivity index (χ4n) is 3.47. The predicted molar refractivity (Wildman–Crippen MR) is 117 cm³/mol. The van der Waals surface area contributed by atoms with Gasteiger partial charge in [0.2, 0.25) is 15.9 Å². The van der Waals surface area contributed by atoms with Gasteiger partial charge < -0.3 is 5.32 Å². The van der Waals surface area contributed by atoms with E-state index in [2.05, 4.69) is 21.2 Å². The zero-order chi connectivity index (χ0) is 21.2. The molecule has 0 atom stereocenters. The number of likely N-dealkylation sites (N-methyl/N-ethyl adjacent to an activating group) is 1. The van der Waals surface area contributed by atoms with Crippen LogP contribution in [0.1, 0.15) is 34.7 Å².